The van der Waals surface area contributed by atoms with E-state index in [1.807, 2.05) is 79.1 Å². The van der Waals surface area contributed by atoms with E-state index in [9.17, 15) is 45.4 Å². The van der Waals surface area contributed by atoms with Crippen LogP contribution in [0.4, 0.5) is 29.2 Å². The van der Waals surface area contributed by atoms with E-state index in [-0.39, 0.29) is 119 Å². The van der Waals surface area contributed by atoms with Crippen LogP contribution in [0.2, 0.25) is 46.6 Å². The lowest BCUT2D eigenvalue weighted by Crippen LogP contribution is -2.46. The molecule has 8 aromatic rings. The summed E-state index contributed by atoms with van der Waals surface area (Å²) in [5.41, 5.74) is 15.5. The largest absolute Gasteiger partial charge is 0.411 e. The van der Waals surface area contributed by atoms with Gasteiger partial charge in [0.15, 0.2) is 22.2 Å². The van der Waals surface area contributed by atoms with Crippen LogP contribution in [-0.4, -0.2) is 140 Å². The highest BCUT2D eigenvalue weighted by Gasteiger charge is 2.46. The van der Waals surface area contributed by atoms with E-state index >= 15 is 0 Å². The Morgan fingerprint density at radius 2 is 1.11 bits per heavy atom. The average molecular weight is 1780 g/mol. The van der Waals surface area contributed by atoms with Crippen LogP contribution >= 0.6 is 80.0 Å². The van der Waals surface area contributed by atoms with Crippen LogP contribution in [0.15, 0.2) is 59.8 Å². The number of anilines is 3. The Bertz CT molecular complexity index is 4520. The molecule has 0 amide bonds. The number of fused-ring (bicyclic) bond motifs is 3. The van der Waals surface area contributed by atoms with Gasteiger partial charge in [-0.25, -0.2) is 9.97 Å². The number of nitrogens with two attached hydrogens (primary N) is 2. The molecule has 29 nitrogen and oxygen atoms in total. The van der Waals surface area contributed by atoms with E-state index in [1.165, 1.54) is 12.1 Å². The molecule has 3 fully saturated rings. The van der Waals surface area contributed by atoms with Gasteiger partial charge in [-0.15, -0.1) is 11.6 Å². The maximum absolute atomic E-state index is 12.8. The predicted octanol–water partition coefficient (Wildman–Crippen LogP) is 14.4. The molecule has 3 aliphatic rings. The Hall–Kier alpha value is -5.34. The van der Waals surface area contributed by atoms with Gasteiger partial charge in [0.25, 0.3) is 16.9 Å². The average Bonchev–Trinajstić information content (AvgIpc) is 1.62. The van der Waals surface area contributed by atoms with E-state index in [0.717, 1.165) is 36.6 Å². The molecule has 0 saturated carbocycles. The van der Waals surface area contributed by atoms with Crippen molar-refractivity contribution in [2.24, 2.45) is 11.8 Å². The highest BCUT2D eigenvalue weighted by Crippen LogP contribution is 2.46. The van der Waals surface area contributed by atoms with Crippen LogP contribution in [0.1, 0.15) is 161 Å². The summed E-state index contributed by atoms with van der Waals surface area (Å²) in [6, 6.07) is 10.0. The number of aromatic nitrogens is 9. The third kappa shape index (κ3) is 18.6. The quantitative estimate of drug-likeness (QED) is 0.00736. The van der Waals surface area contributed by atoms with Crippen LogP contribution in [0.25, 0.3) is 33.1 Å². The minimum absolute atomic E-state index is 0.00411. The maximum Gasteiger partial charge on any atom is 0.276 e. The molecule has 105 heavy (non-hydrogen) atoms. The van der Waals surface area contributed by atoms with E-state index in [2.05, 4.69) is 109 Å². The zero-order valence-electron chi connectivity index (χ0n) is 61.4. The molecule has 0 radical (unpaired) electrons. The second-order valence-corrected chi connectivity index (χ2v) is 43.6. The van der Waals surface area contributed by atoms with Gasteiger partial charge in [0.05, 0.1) is 100 Å². The second-order valence-electron chi connectivity index (χ2n) is 30.4. The van der Waals surface area contributed by atoms with Crippen molar-refractivity contribution < 1.29 is 58.4 Å². The summed E-state index contributed by atoms with van der Waals surface area (Å²) in [5, 5.41) is 65.0. The molecule has 10 N–H and O–H groups in total. The van der Waals surface area contributed by atoms with Crippen molar-refractivity contribution in [3.8, 4) is 0 Å². The third-order valence-electron chi connectivity index (χ3n) is 20.2. The summed E-state index contributed by atoms with van der Waals surface area (Å²) < 4.78 is 44.2. The number of alkyl halides is 1. The van der Waals surface area contributed by atoms with Crippen molar-refractivity contribution in [2.75, 3.05) is 29.7 Å². The van der Waals surface area contributed by atoms with Crippen LogP contribution in [0.5, 0.6) is 0 Å². The number of hydrogen-bond donors (Lipinski definition) is 8. The summed E-state index contributed by atoms with van der Waals surface area (Å²) in [4.78, 5) is 63.7. The number of ether oxygens (including phenoxy) is 5. The normalized spacial score (nSPS) is 21.5. The molecular formula is C69H95Cl3I2N14O15Si2. The number of halogens is 5. The lowest BCUT2D eigenvalue weighted by molar-refractivity contribution is -0.386. The fourth-order valence-electron chi connectivity index (χ4n) is 12.6. The molecule has 11 rings (SSSR count). The molecule has 0 bridgehead atoms. The van der Waals surface area contributed by atoms with Gasteiger partial charge in [-0.1, -0.05) is 112 Å². The van der Waals surface area contributed by atoms with Crippen molar-refractivity contribution in [2.45, 2.75) is 225 Å². The second kappa shape index (κ2) is 33.9. The highest BCUT2D eigenvalue weighted by molar-refractivity contribution is 14.1. The Morgan fingerprint density at radius 1 is 0.676 bits per heavy atom. The fourth-order valence-corrected chi connectivity index (χ4v) is 16.7. The summed E-state index contributed by atoms with van der Waals surface area (Å²) in [6.45, 7) is 31.9. The number of aliphatic hydroxyl groups excluding tert-OH is 4. The van der Waals surface area contributed by atoms with E-state index in [0.29, 0.717) is 50.3 Å². The minimum Gasteiger partial charge on any atom is -0.411 e. The molecular weight excluding hydrogens is 1680 g/mol. The first-order valence-corrected chi connectivity index (χ1v) is 43.9. The molecule has 3 saturated heterocycles. The Balaban J connectivity index is 0.000000182. The summed E-state index contributed by atoms with van der Waals surface area (Å²) in [7, 11) is -3.83. The van der Waals surface area contributed by atoms with Crippen LogP contribution in [-0.2, 0) is 47.2 Å². The topological polar surface area (TPSA) is 399 Å². The Labute approximate surface area is 652 Å². The molecule has 36 heteroatoms. The summed E-state index contributed by atoms with van der Waals surface area (Å²) in [6.07, 6.45) is 1.70. The van der Waals surface area contributed by atoms with Crippen molar-refractivity contribution in [1.82, 2.24) is 43.6 Å². The summed E-state index contributed by atoms with van der Waals surface area (Å²) in [5.74, 6) is 0.613. The number of nitro benzene ring substituents is 2. The number of nitro groups is 2. The molecule has 9 heterocycles. The third-order valence-corrected chi connectivity index (χ3v) is 31.5. The first-order chi connectivity index (χ1) is 49.1. The zero-order valence-corrected chi connectivity index (χ0v) is 69.9. The van der Waals surface area contributed by atoms with Crippen molar-refractivity contribution in [3.63, 3.8) is 0 Å². The number of nitrogens with one attached hydrogen (secondary N) is 2. The predicted molar refractivity (Wildman–Crippen MR) is 425 cm³/mol. The van der Waals surface area contributed by atoms with Gasteiger partial charge >= 0.3 is 0 Å². The lowest BCUT2D eigenvalue weighted by Gasteiger charge is -2.39. The van der Waals surface area contributed by atoms with Crippen LogP contribution < -0.4 is 22.0 Å². The van der Waals surface area contributed by atoms with E-state index in [4.69, 9.17) is 79.4 Å². The Morgan fingerprint density at radius 3 is 1.55 bits per heavy atom. The SMILES string of the molecule is CC(C)[C@@H](OCc1cn([C@H]2CC(O)[C@@H](CO)O2)c2nc(N)[nH]c(=O)c12)c1ccc(I)cc1[N+](=O)[O-].CC(C)[C@@H](OCc1cn([C@H]2CC(O)[C@@H](CO)O2)c2nc(N)nc(Cl)c12)c1ccc(I)cc1[N+](=O)[O-].CC[C@H]1O[C@@H](n2cc(CCl)c3c(Cl)nc(N[Si](C)(C)C(C)(C)C)nc32)CC1O[Si](C)(C)C(C)(C)C. The number of hydrogen-bond acceptors (Lipinski definition) is 23. The molecule has 6 aromatic heterocycles. The van der Waals surface area contributed by atoms with Gasteiger partial charge in [0, 0.05) is 74.1 Å². The fraction of sp³-hybridized carbons (Fsp3) is 0.565. The molecule has 3 unspecified atom stereocenters. The molecule has 11 atom stereocenters. The van der Waals surface area contributed by atoms with Crippen LogP contribution in [0, 0.1) is 39.2 Å². The molecule has 574 valence electrons. The smallest absolute Gasteiger partial charge is 0.276 e. The van der Waals surface area contributed by atoms with Crippen molar-refractivity contribution in [1.29, 1.82) is 0 Å². The van der Waals surface area contributed by atoms with Gasteiger partial charge in [-0.2, -0.15) is 15.0 Å². The zero-order chi connectivity index (χ0) is 77.4. The Kier molecular flexibility index (Phi) is 27.0. The van der Waals surface area contributed by atoms with Gasteiger partial charge in [0.2, 0.25) is 17.8 Å². The first kappa shape index (κ1) is 83.7. The number of H-pyrrole nitrogens is 1. The number of benzene rings is 2. The van der Waals surface area contributed by atoms with Gasteiger partial charge in [0.1, 0.15) is 52.5 Å². The first-order valence-electron chi connectivity index (χ1n) is 34.6. The lowest BCUT2D eigenvalue weighted by atomic mass is 9.97. The van der Waals surface area contributed by atoms with Crippen molar-refractivity contribution >= 4 is 159 Å². The van der Waals surface area contributed by atoms with Gasteiger partial charge < -0.3 is 78.7 Å². The number of nitrogens with zero attached hydrogens (tertiary/aromatic N) is 10. The van der Waals surface area contributed by atoms with Gasteiger partial charge in [-0.3, -0.25) is 30.0 Å². The summed E-state index contributed by atoms with van der Waals surface area (Å²) >= 11 is 23.5. The van der Waals surface area contributed by atoms with E-state index < -0.39 is 81.0 Å². The maximum atomic E-state index is 12.8. The molecule has 0 aliphatic carbocycles. The number of aliphatic hydroxyl groups is 4. The minimum atomic E-state index is -1.94. The molecule has 3 aliphatic heterocycles. The van der Waals surface area contributed by atoms with E-state index in [1.54, 1.807) is 45.8 Å². The number of rotatable bonds is 23. The number of aromatic amines is 1. The standard InChI is InChI=1S/C25H44Cl2N4O2Si2.C22H25ClIN5O6.C22H26IN5O7/c1-12-17-18(33-35(10,11)25(5,6)7)13-19(32-17)31-15-16(14-26)20-21(27)28-23(29-22(20)31)30-34(8,9)24(2,3)4;1-10(2)19(13-4-3-12(24)5-14(13)29(32)33)34-9-11-7-28(17-6-15(31)16(8-30)35-17)21-18(11)20(23)26-22(25)27-21;1-10(2)19(13-4-3-12(23)5-14(13)28(32)33)34-9-11-7-27(17-6-15(30)16(8-29)35-17)20-18(11)21(31)26-22(24)25-20/h15,17-19H,12-14H2,1-11H3,(H,28,29,30);3-5,7,10,15-17,19,30-31H,6,8-9H2,1-2H3,(H2,25,26,27);3-5,7,10,15-17,19,29-30H,6,8-9H2,1-2H3,(H3,24,25,26,31)/t17-,18?,19-;2*15?,16-,17-,19-/m111/s1. The van der Waals surface area contributed by atoms with Crippen molar-refractivity contribution in [3.05, 3.63) is 131 Å². The monoisotopic (exact) mass is 1770 g/mol. The van der Waals surface area contributed by atoms with Crippen LogP contribution in [0.3, 0.4) is 0 Å². The highest BCUT2D eigenvalue weighted by atomic mass is 127. The molecule has 0 spiro atoms. The number of nitrogen functional groups attached to an aromatic ring is 2. The van der Waals surface area contributed by atoms with Gasteiger partial charge in [-0.05, 0) is 116 Å². The molecule has 2 aromatic carbocycles.